The van der Waals surface area contributed by atoms with Crippen LogP contribution < -0.4 is 4.90 Å². The van der Waals surface area contributed by atoms with E-state index in [0.717, 1.165) is 12.3 Å². The van der Waals surface area contributed by atoms with E-state index in [-0.39, 0.29) is 31.9 Å². The maximum absolute atomic E-state index is 12.9. The molecule has 0 N–H and O–H groups in total. The van der Waals surface area contributed by atoms with Crippen LogP contribution in [0.4, 0.5) is 24.5 Å². The molecule has 1 saturated heterocycles. The van der Waals surface area contributed by atoms with E-state index < -0.39 is 37.4 Å². The molecule has 0 amide bonds. The number of anilines is 1. The molecule has 1 fully saturated rings. The predicted molar refractivity (Wildman–Crippen MR) is 86.4 cm³/mol. The summed E-state index contributed by atoms with van der Waals surface area (Å²) in [6, 6.07) is 1.33. The van der Waals surface area contributed by atoms with Crippen molar-refractivity contribution in [1.29, 1.82) is 0 Å². The van der Waals surface area contributed by atoms with E-state index in [2.05, 4.69) is 0 Å². The van der Waals surface area contributed by atoms with Crippen molar-refractivity contribution in [1.82, 2.24) is 4.31 Å². The second kappa shape index (κ2) is 6.96. The molecule has 25 heavy (non-hydrogen) atoms. The molecule has 0 unspecified atom stereocenters. The van der Waals surface area contributed by atoms with E-state index >= 15 is 0 Å². The number of rotatable bonds is 3. The molecule has 0 atom stereocenters. The lowest BCUT2D eigenvalue weighted by molar-refractivity contribution is -0.384. The minimum Gasteiger partial charge on any atom is -0.365 e. The van der Waals surface area contributed by atoms with Crippen LogP contribution in [-0.2, 0) is 16.2 Å². The molecular weight excluding hydrogens is 387 g/mol. The highest BCUT2D eigenvalue weighted by Crippen LogP contribution is 2.41. The molecule has 12 heteroatoms. The number of benzene rings is 1. The van der Waals surface area contributed by atoms with Crippen molar-refractivity contribution < 1.29 is 26.5 Å². The summed E-state index contributed by atoms with van der Waals surface area (Å²) >= 11 is 5.68. The van der Waals surface area contributed by atoms with Crippen molar-refractivity contribution in [2.75, 3.05) is 37.3 Å². The Balaban J connectivity index is 2.42. The van der Waals surface area contributed by atoms with Crippen LogP contribution in [0, 0.1) is 10.1 Å². The monoisotopic (exact) mass is 401 g/mol. The molecule has 1 heterocycles. The Morgan fingerprint density at radius 2 is 1.84 bits per heavy atom. The standard InChI is InChI=1S/C13H15ClF3N3O4S/c1-25(23,24)19-4-2-3-18(5-6-19)11-8-10(14)9(13(15,16)17)7-12(11)20(21)22/h7-8H,2-6H2,1H3. The van der Waals surface area contributed by atoms with Gasteiger partial charge in [0, 0.05) is 32.2 Å². The lowest BCUT2D eigenvalue weighted by Crippen LogP contribution is -2.34. The van der Waals surface area contributed by atoms with Crippen molar-refractivity contribution >= 4 is 33.0 Å². The Morgan fingerprint density at radius 1 is 1.20 bits per heavy atom. The fourth-order valence-electron chi connectivity index (χ4n) is 2.63. The highest BCUT2D eigenvalue weighted by atomic mass is 35.5. The van der Waals surface area contributed by atoms with Gasteiger partial charge in [-0.2, -0.15) is 13.2 Å². The maximum atomic E-state index is 12.9. The third-order valence-electron chi connectivity index (χ3n) is 3.83. The zero-order valence-corrected chi connectivity index (χ0v) is 14.7. The van der Waals surface area contributed by atoms with E-state index in [9.17, 15) is 31.7 Å². The van der Waals surface area contributed by atoms with Gasteiger partial charge >= 0.3 is 6.18 Å². The van der Waals surface area contributed by atoms with Crippen LogP contribution in [0.2, 0.25) is 5.02 Å². The van der Waals surface area contributed by atoms with Gasteiger partial charge < -0.3 is 4.90 Å². The molecule has 0 radical (unpaired) electrons. The molecule has 0 saturated carbocycles. The largest absolute Gasteiger partial charge is 0.418 e. The third-order valence-corrected chi connectivity index (χ3v) is 5.45. The molecule has 0 spiro atoms. The minimum absolute atomic E-state index is 0.0571. The Labute approximate surface area is 147 Å². The predicted octanol–water partition coefficient (Wildman–Crippen LogP) is 2.74. The molecule has 7 nitrogen and oxygen atoms in total. The number of nitro groups is 1. The normalized spacial score (nSPS) is 17.4. The van der Waals surface area contributed by atoms with Crippen molar-refractivity contribution in [2.45, 2.75) is 12.6 Å². The first-order valence-electron chi connectivity index (χ1n) is 7.16. The molecule has 2 rings (SSSR count). The van der Waals surface area contributed by atoms with Crippen molar-refractivity contribution in [3.05, 3.63) is 32.8 Å². The lowest BCUT2D eigenvalue weighted by Gasteiger charge is -2.23. The summed E-state index contributed by atoms with van der Waals surface area (Å²) in [6.45, 7) is 0.677. The first-order chi connectivity index (χ1) is 11.4. The Bertz CT molecular complexity index is 785. The van der Waals surface area contributed by atoms with Gasteiger partial charge in [0.25, 0.3) is 5.69 Å². The lowest BCUT2D eigenvalue weighted by atomic mass is 10.1. The van der Waals surface area contributed by atoms with Gasteiger partial charge in [-0.3, -0.25) is 10.1 Å². The highest BCUT2D eigenvalue weighted by Gasteiger charge is 2.37. The second-order valence-corrected chi connectivity index (χ2v) is 7.97. The topological polar surface area (TPSA) is 83.8 Å². The summed E-state index contributed by atoms with van der Waals surface area (Å²) < 4.78 is 63.2. The van der Waals surface area contributed by atoms with Crippen LogP contribution in [0.3, 0.4) is 0 Å². The van der Waals surface area contributed by atoms with Gasteiger partial charge in [-0.05, 0) is 12.5 Å². The van der Waals surface area contributed by atoms with E-state index in [4.69, 9.17) is 11.6 Å². The zero-order chi connectivity index (χ0) is 19.0. The molecule has 0 aromatic heterocycles. The highest BCUT2D eigenvalue weighted by molar-refractivity contribution is 7.88. The number of nitro benzene ring substituents is 1. The first-order valence-corrected chi connectivity index (χ1v) is 9.39. The fraction of sp³-hybridized carbons (Fsp3) is 0.538. The summed E-state index contributed by atoms with van der Waals surface area (Å²) in [5.41, 5.74) is -2.06. The molecule has 1 aliphatic rings. The number of halogens is 4. The second-order valence-electron chi connectivity index (χ2n) is 5.58. The quantitative estimate of drug-likeness (QED) is 0.574. The fourth-order valence-corrected chi connectivity index (χ4v) is 3.77. The van der Waals surface area contributed by atoms with Gasteiger partial charge in [-0.25, -0.2) is 12.7 Å². The van der Waals surface area contributed by atoms with Crippen LogP contribution in [0.15, 0.2) is 12.1 Å². The average molecular weight is 402 g/mol. The van der Waals surface area contributed by atoms with Crippen molar-refractivity contribution in [3.8, 4) is 0 Å². The molecule has 140 valence electrons. The van der Waals surface area contributed by atoms with Gasteiger partial charge in [0.15, 0.2) is 0 Å². The SMILES string of the molecule is CS(=O)(=O)N1CCCN(c2cc(Cl)c(C(F)(F)F)cc2[N+](=O)[O-])CC1. The molecule has 0 bridgehead atoms. The van der Waals surface area contributed by atoms with Crippen LogP contribution >= 0.6 is 11.6 Å². The summed E-state index contributed by atoms with van der Waals surface area (Å²) in [4.78, 5) is 11.8. The van der Waals surface area contributed by atoms with E-state index in [1.54, 1.807) is 0 Å². The van der Waals surface area contributed by atoms with Gasteiger partial charge in [0.05, 0.1) is 21.8 Å². The van der Waals surface area contributed by atoms with E-state index in [1.807, 2.05) is 0 Å². The molecular formula is C13H15ClF3N3O4S. The molecule has 1 aliphatic heterocycles. The number of hydrogen-bond donors (Lipinski definition) is 0. The number of alkyl halides is 3. The van der Waals surface area contributed by atoms with Gasteiger partial charge in [0.1, 0.15) is 5.69 Å². The Kier molecular flexibility index (Phi) is 5.50. The zero-order valence-electron chi connectivity index (χ0n) is 13.1. The minimum atomic E-state index is -4.81. The summed E-state index contributed by atoms with van der Waals surface area (Å²) in [5.74, 6) is 0. The maximum Gasteiger partial charge on any atom is 0.418 e. The molecule has 1 aromatic rings. The molecule has 1 aromatic carbocycles. The first kappa shape index (κ1) is 19.7. The molecule has 0 aliphatic carbocycles. The number of sulfonamides is 1. The van der Waals surface area contributed by atoms with Gasteiger partial charge in [-0.1, -0.05) is 11.6 Å². The Morgan fingerprint density at radius 3 is 2.36 bits per heavy atom. The summed E-state index contributed by atoms with van der Waals surface area (Å²) in [6.07, 6.45) is -3.38. The van der Waals surface area contributed by atoms with E-state index in [1.165, 1.54) is 9.21 Å². The van der Waals surface area contributed by atoms with Crippen LogP contribution in [0.1, 0.15) is 12.0 Å². The van der Waals surface area contributed by atoms with Crippen LogP contribution in [-0.4, -0.2) is 50.1 Å². The van der Waals surface area contributed by atoms with Crippen molar-refractivity contribution in [3.63, 3.8) is 0 Å². The van der Waals surface area contributed by atoms with Crippen LogP contribution in [0.5, 0.6) is 0 Å². The number of nitrogens with zero attached hydrogens (tertiary/aromatic N) is 3. The summed E-state index contributed by atoms with van der Waals surface area (Å²) in [7, 11) is -3.42. The van der Waals surface area contributed by atoms with Gasteiger partial charge in [-0.15, -0.1) is 0 Å². The van der Waals surface area contributed by atoms with Crippen LogP contribution in [0.25, 0.3) is 0 Å². The average Bonchev–Trinajstić information content (AvgIpc) is 2.70. The smallest absolute Gasteiger partial charge is 0.365 e. The number of hydrogen-bond acceptors (Lipinski definition) is 5. The van der Waals surface area contributed by atoms with E-state index in [0.29, 0.717) is 12.5 Å². The van der Waals surface area contributed by atoms with Crippen molar-refractivity contribution in [2.24, 2.45) is 0 Å². The summed E-state index contributed by atoms with van der Waals surface area (Å²) in [5, 5.41) is 10.6. The Hall–Kier alpha value is -1.59. The third kappa shape index (κ3) is 4.53. The van der Waals surface area contributed by atoms with Gasteiger partial charge in [0.2, 0.25) is 10.0 Å².